The number of nitro benzene ring substituents is 1. The van der Waals surface area contributed by atoms with E-state index in [1.807, 2.05) is 6.07 Å². The molecule has 0 radical (unpaired) electrons. The van der Waals surface area contributed by atoms with Crippen LogP contribution in [0.25, 0.3) is 0 Å². The number of hydrogen-bond acceptors (Lipinski definition) is 3. The molecule has 1 aliphatic carbocycles. The molecule has 0 amide bonds. The molecule has 4 nitrogen and oxygen atoms in total. The van der Waals surface area contributed by atoms with Crippen LogP contribution in [0.4, 0.5) is 5.69 Å². The highest BCUT2D eigenvalue weighted by atomic mass is 16.6. The Labute approximate surface area is 94.1 Å². The Morgan fingerprint density at radius 3 is 2.56 bits per heavy atom. The molecule has 1 atom stereocenters. The average Bonchev–Trinajstić information content (AvgIpc) is 2.97. The maximum atomic E-state index is 11.1. The minimum Gasteiger partial charge on any atom is -0.392 e. The molecule has 16 heavy (non-hydrogen) atoms. The smallest absolute Gasteiger partial charge is 0.276 e. The standard InChI is InChI=1S/C12H15NO3/c1-8-4-3-5-10(11(8)13(15)16)12(6-7-12)9(2)14/h3-5,9,14H,6-7H2,1-2H3. The topological polar surface area (TPSA) is 63.4 Å². The van der Waals surface area contributed by atoms with Crippen LogP contribution in [-0.2, 0) is 5.41 Å². The minimum absolute atomic E-state index is 0.168. The Hall–Kier alpha value is -1.42. The molecule has 0 aromatic heterocycles. The molecule has 1 aromatic carbocycles. The van der Waals surface area contributed by atoms with Crippen molar-refractivity contribution in [3.63, 3.8) is 0 Å². The molecule has 0 saturated heterocycles. The largest absolute Gasteiger partial charge is 0.392 e. The lowest BCUT2D eigenvalue weighted by atomic mass is 9.88. The molecule has 1 fully saturated rings. The Balaban J connectivity index is 2.57. The van der Waals surface area contributed by atoms with Gasteiger partial charge in [0.2, 0.25) is 0 Å². The number of rotatable bonds is 3. The summed E-state index contributed by atoms with van der Waals surface area (Å²) in [6, 6.07) is 5.32. The van der Waals surface area contributed by atoms with Crippen LogP contribution in [0.3, 0.4) is 0 Å². The van der Waals surface area contributed by atoms with Crippen molar-refractivity contribution in [3.8, 4) is 0 Å². The molecule has 1 N–H and O–H groups in total. The molecule has 0 spiro atoms. The lowest BCUT2D eigenvalue weighted by molar-refractivity contribution is -0.386. The number of aliphatic hydroxyl groups is 1. The molecule has 0 bridgehead atoms. The summed E-state index contributed by atoms with van der Waals surface area (Å²) in [5, 5.41) is 20.8. The predicted octanol–water partition coefficient (Wildman–Crippen LogP) is 2.32. The number of benzene rings is 1. The Kier molecular flexibility index (Phi) is 2.46. The minimum atomic E-state index is -0.534. The third-order valence-corrected chi connectivity index (χ3v) is 3.55. The van der Waals surface area contributed by atoms with Gasteiger partial charge in [0.15, 0.2) is 0 Å². The first-order valence-electron chi connectivity index (χ1n) is 5.41. The molecule has 1 aliphatic rings. The summed E-state index contributed by atoms with van der Waals surface area (Å²) in [4.78, 5) is 10.7. The van der Waals surface area contributed by atoms with E-state index in [0.29, 0.717) is 11.1 Å². The van der Waals surface area contributed by atoms with Crippen molar-refractivity contribution in [2.45, 2.75) is 38.2 Å². The zero-order valence-corrected chi connectivity index (χ0v) is 9.43. The third kappa shape index (κ3) is 1.50. The Bertz CT molecular complexity index is 436. The van der Waals surface area contributed by atoms with Gasteiger partial charge >= 0.3 is 0 Å². The molecule has 1 saturated carbocycles. The van der Waals surface area contributed by atoms with E-state index in [2.05, 4.69) is 0 Å². The summed E-state index contributed by atoms with van der Waals surface area (Å²) >= 11 is 0. The Morgan fingerprint density at radius 2 is 2.12 bits per heavy atom. The highest BCUT2D eigenvalue weighted by Gasteiger charge is 2.51. The average molecular weight is 221 g/mol. The van der Waals surface area contributed by atoms with E-state index in [0.717, 1.165) is 12.8 Å². The van der Waals surface area contributed by atoms with Crippen LogP contribution in [0.15, 0.2) is 18.2 Å². The lowest BCUT2D eigenvalue weighted by Gasteiger charge is -2.19. The van der Waals surface area contributed by atoms with Crippen LogP contribution in [0.2, 0.25) is 0 Å². The number of aliphatic hydroxyl groups excluding tert-OH is 1. The van der Waals surface area contributed by atoms with Gasteiger partial charge in [-0.05, 0) is 26.7 Å². The first-order chi connectivity index (χ1) is 7.49. The van der Waals surface area contributed by atoms with Crippen LogP contribution in [0.5, 0.6) is 0 Å². The lowest BCUT2D eigenvalue weighted by Crippen LogP contribution is -2.23. The molecule has 0 heterocycles. The number of para-hydroxylation sites is 1. The monoisotopic (exact) mass is 221 g/mol. The fourth-order valence-corrected chi connectivity index (χ4v) is 2.35. The van der Waals surface area contributed by atoms with Gasteiger partial charge < -0.3 is 5.11 Å². The van der Waals surface area contributed by atoms with Gasteiger partial charge in [0.05, 0.1) is 11.0 Å². The van der Waals surface area contributed by atoms with Crippen LogP contribution in [0, 0.1) is 17.0 Å². The van der Waals surface area contributed by atoms with Gasteiger partial charge in [0.1, 0.15) is 0 Å². The molecule has 1 aromatic rings. The van der Waals surface area contributed by atoms with E-state index in [9.17, 15) is 15.2 Å². The van der Waals surface area contributed by atoms with Crippen LogP contribution >= 0.6 is 0 Å². The van der Waals surface area contributed by atoms with Gasteiger partial charge in [0.25, 0.3) is 5.69 Å². The highest BCUT2D eigenvalue weighted by Crippen LogP contribution is 2.53. The third-order valence-electron chi connectivity index (χ3n) is 3.55. The summed E-state index contributed by atoms with van der Waals surface area (Å²) < 4.78 is 0. The number of aryl methyl sites for hydroxylation is 1. The molecule has 1 unspecified atom stereocenters. The van der Waals surface area contributed by atoms with Crippen molar-refractivity contribution in [3.05, 3.63) is 39.4 Å². The van der Waals surface area contributed by atoms with Crippen LogP contribution < -0.4 is 0 Å². The molecule has 2 rings (SSSR count). The number of nitrogens with zero attached hydrogens (tertiary/aromatic N) is 1. The van der Waals surface area contributed by atoms with Crippen molar-refractivity contribution in [1.29, 1.82) is 0 Å². The first-order valence-corrected chi connectivity index (χ1v) is 5.41. The zero-order chi connectivity index (χ0) is 11.9. The summed E-state index contributed by atoms with van der Waals surface area (Å²) in [6.45, 7) is 3.44. The zero-order valence-electron chi connectivity index (χ0n) is 9.43. The fourth-order valence-electron chi connectivity index (χ4n) is 2.35. The maximum Gasteiger partial charge on any atom is 0.276 e. The summed E-state index contributed by atoms with van der Waals surface area (Å²) in [7, 11) is 0. The second-order valence-electron chi connectivity index (χ2n) is 4.56. The van der Waals surface area contributed by atoms with Gasteiger partial charge in [-0.15, -0.1) is 0 Å². The first kappa shape index (κ1) is 11.1. The van der Waals surface area contributed by atoms with Crippen LogP contribution in [0.1, 0.15) is 30.9 Å². The van der Waals surface area contributed by atoms with Crippen molar-refractivity contribution in [2.24, 2.45) is 0 Å². The Morgan fingerprint density at radius 1 is 1.50 bits per heavy atom. The number of hydrogen-bond donors (Lipinski definition) is 1. The fraction of sp³-hybridized carbons (Fsp3) is 0.500. The second kappa shape index (κ2) is 3.56. The number of nitro groups is 1. The molecule has 4 heteroatoms. The van der Waals surface area contributed by atoms with E-state index in [4.69, 9.17) is 0 Å². The predicted molar refractivity (Wildman–Crippen MR) is 60.4 cm³/mol. The summed E-state index contributed by atoms with van der Waals surface area (Å²) in [5.74, 6) is 0. The van der Waals surface area contributed by atoms with Gasteiger partial charge in [-0.1, -0.05) is 18.2 Å². The molecular formula is C12H15NO3. The molecule has 0 aliphatic heterocycles. The van der Waals surface area contributed by atoms with Gasteiger partial charge in [-0.25, -0.2) is 0 Å². The quantitative estimate of drug-likeness (QED) is 0.629. The van der Waals surface area contributed by atoms with E-state index < -0.39 is 6.10 Å². The summed E-state index contributed by atoms with van der Waals surface area (Å²) in [6.07, 6.45) is 1.12. The van der Waals surface area contributed by atoms with Crippen molar-refractivity contribution in [2.75, 3.05) is 0 Å². The van der Waals surface area contributed by atoms with Gasteiger partial charge in [-0.2, -0.15) is 0 Å². The van der Waals surface area contributed by atoms with E-state index in [1.54, 1.807) is 26.0 Å². The van der Waals surface area contributed by atoms with E-state index >= 15 is 0 Å². The van der Waals surface area contributed by atoms with Crippen molar-refractivity contribution >= 4 is 5.69 Å². The van der Waals surface area contributed by atoms with E-state index in [-0.39, 0.29) is 16.0 Å². The highest BCUT2D eigenvalue weighted by molar-refractivity contribution is 5.53. The normalized spacial score (nSPS) is 19.2. The van der Waals surface area contributed by atoms with E-state index in [1.165, 1.54) is 0 Å². The molecule has 86 valence electrons. The summed E-state index contributed by atoms with van der Waals surface area (Å²) in [5.41, 5.74) is 1.14. The molecular weight excluding hydrogens is 206 g/mol. The van der Waals surface area contributed by atoms with Gasteiger partial charge in [0, 0.05) is 16.5 Å². The maximum absolute atomic E-state index is 11.1. The SMILES string of the molecule is Cc1cccc(C2(C(C)O)CC2)c1[N+](=O)[O-]. The van der Waals surface area contributed by atoms with Crippen molar-refractivity contribution in [1.82, 2.24) is 0 Å². The second-order valence-corrected chi connectivity index (χ2v) is 4.56. The van der Waals surface area contributed by atoms with Gasteiger partial charge in [-0.3, -0.25) is 10.1 Å². The van der Waals surface area contributed by atoms with Crippen molar-refractivity contribution < 1.29 is 10.0 Å². The van der Waals surface area contributed by atoms with Crippen LogP contribution in [-0.4, -0.2) is 16.1 Å².